The van der Waals surface area contributed by atoms with Gasteiger partial charge in [0.1, 0.15) is 27.9 Å². The van der Waals surface area contributed by atoms with Crippen molar-refractivity contribution >= 4 is 29.2 Å². The molecular formula is C23H27N7O2S. The minimum Gasteiger partial charge on any atom is -0.497 e. The lowest BCUT2D eigenvalue weighted by Gasteiger charge is -2.26. The van der Waals surface area contributed by atoms with Gasteiger partial charge in [0, 0.05) is 31.9 Å². The molecule has 0 spiro atoms. The molecule has 1 aliphatic heterocycles. The third kappa shape index (κ3) is 5.36. The van der Waals surface area contributed by atoms with E-state index in [2.05, 4.69) is 32.7 Å². The first-order chi connectivity index (χ1) is 15.9. The Morgan fingerprint density at radius 1 is 1.42 bits per heavy atom. The Morgan fingerprint density at radius 2 is 2.21 bits per heavy atom. The minimum absolute atomic E-state index is 0.304. The molecule has 2 N–H and O–H groups in total. The van der Waals surface area contributed by atoms with E-state index in [1.807, 2.05) is 6.92 Å². The monoisotopic (exact) mass is 465 g/mol. The van der Waals surface area contributed by atoms with Crippen LogP contribution in [0.1, 0.15) is 35.4 Å². The fraction of sp³-hybridized carbons (Fsp3) is 0.435. The first-order valence-corrected chi connectivity index (χ1v) is 11.5. The number of carbonyl (C=O) groups excluding carboxylic acids is 1. The number of pyridine rings is 2. The molecule has 33 heavy (non-hydrogen) atoms. The van der Waals surface area contributed by atoms with E-state index in [-0.39, 0.29) is 0 Å². The van der Waals surface area contributed by atoms with Gasteiger partial charge < -0.3 is 20.3 Å². The number of aromatic nitrogens is 2. The van der Waals surface area contributed by atoms with Crippen LogP contribution in [0.25, 0.3) is 4.85 Å². The first-order valence-electron chi connectivity index (χ1n) is 10.7. The highest BCUT2D eigenvalue weighted by Crippen LogP contribution is 2.42. The Bertz CT molecular complexity index is 1110. The molecule has 1 atom stereocenters. The summed E-state index contributed by atoms with van der Waals surface area (Å²) in [5.41, 5.74) is 7.49. The maximum Gasteiger partial charge on any atom is 0.237 e. The fourth-order valence-electron chi connectivity index (χ4n) is 3.80. The predicted molar refractivity (Wildman–Crippen MR) is 128 cm³/mol. The summed E-state index contributed by atoms with van der Waals surface area (Å²) in [6.07, 6.45) is 2.98. The molecule has 2 aromatic rings. The molecule has 2 aromatic heterocycles. The number of methoxy groups -OCH3 is 1. The van der Waals surface area contributed by atoms with Crippen LogP contribution < -0.4 is 15.4 Å². The smallest absolute Gasteiger partial charge is 0.237 e. The van der Waals surface area contributed by atoms with Crippen LogP contribution in [0.3, 0.4) is 0 Å². The van der Waals surface area contributed by atoms with E-state index in [4.69, 9.17) is 22.0 Å². The van der Waals surface area contributed by atoms with Crippen molar-refractivity contribution in [3.05, 3.63) is 46.6 Å². The lowest BCUT2D eigenvalue weighted by Crippen LogP contribution is -2.30. The summed E-state index contributed by atoms with van der Waals surface area (Å²) in [5.74, 6) is 0.504. The van der Waals surface area contributed by atoms with Crippen LogP contribution in [-0.2, 0) is 11.2 Å². The second-order valence-electron chi connectivity index (χ2n) is 7.68. The normalized spacial score (nSPS) is 15.2. The summed E-state index contributed by atoms with van der Waals surface area (Å²) >= 11 is 1.09. The van der Waals surface area contributed by atoms with Crippen molar-refractivity contribution in [3.8, 4) is 11.8 Å². The number of thioether (sulfide) groups is 1. The van der Waals surface area contributed by atoms with E-state index < -0.39 is 11.2 Å². The van der Waals surface area contributed by atoms with Gasteiger partial charge in [0.05, 0.1) is 24.9 Å². The SMILES string of the molecule is [C-]#[N+]c1c(N2CCCN(C)CC2)nc(SC(C(N)=O)c2cc(OC)ccn2)c(C#N)c1CC. The Kier molecular flexibility index (Phi) is 8.10. The summed E-state index contributed by atoms with van der Waals surface area (Å²) in [6.45, 7) is 13.0. The maximum absolute atomic E-state index is 12.4. The lowest BCUT2D eigenvalue weighted by atomic mass is 10.1. The van der Waals surface area contributed by atoms with E-state index in [1.165, 1.54) is 7.11 Å². The molecule has 3 rings (SSSR count). The zero-order valence-electron chi connectivity index (χ0n) is 19.0. The van der Waals surface area contributed by atoms with Crippen LogP contribution in [0.5, 0.6) is 5.75 Å². The molecule has 10 heteroatoms. The third-order valence-electron chi connectivity index (χ3n) is 5.56. The number of hydrogen-bond donors (Lipinski definition) is 1. The van der Waals surface area contributed by atoms with Crippen molar-refractivity contribution < 1.29 is 9.53 Å². The van der Waals surface area contributed by atoms with Gasteiger partial charge in [-0.2, -0.15) is 5.26 Å². The number of likely N-dealkylation sites (N-methyl/N-ethyl adjacent to an activating group) is 1. The van der Waals surface area contributed by atoms with Crippen LogP contribution in [0.4, 0.5) is 11.5 Å². The second kappa shape index (κ2) is 11.0. The van der Waals surface area contributed by atoms with E-state index in [1.54, 1.807) is 18.3 Å². The highest BCUT2D eigenvalue weighted by molar-refractivity contribution is 8.00. The number of nitrogens with two attached hydrogens (primary N) is 1. The molecule has 1 saturated heterocycles. The molecule has 1 fully saturated rings. The predicted octanol–water partition coefficient (Wildman–Crippen LogP) is 2.93. The second-order valence-corrected chi connectivity index (χ2v) is 8.78. The highest BCUT2D eigenvalue weighted by Gasteiger charge is 2.28. The summed E-state index contributed by atoms with van der Waals surface area (Å²) in [7, 11) is 3.60. The molecule has 0 saturated carbocycles. The first kappa shape index (κ1) is 24.3. The molecule has 172 valence electrons. The summed E-state index contributed by atoms with van der Waals surface area (Å²) in [4.78, 5) is 29.6. The van der Waals surface area contributed by atoms with Crippen LogP contribution in [0, 0.1) is 17.9 Å². The Balaban J connectivity index is 2.12. The van der Waals surface area contributed by atoms with Crippen molar-refractivity contribution in [1.82, 2.24) is 14.9 Å². The lowest BCUT2D eigenvalue weighted by molar-refractivity contribution is -0.117. The number of nitriles is 1. The number of amides is 1. The molecule has 9 nitrogen and oxygen atoms in total. The van der Waals surface area contributed by atoms with Crippen LogP contribution >= 0.6 is 11.8 Å². The number of rotatable bonds is 7. The molecule has 3 heterocycles. The number of anilines is 1. The molecule has 1 unspecified atom stereocenters. The quantitative estimate of drug-likeness (QED) is 0.491. The number of primary amides is 1. The minimum atomic E-state index is -0.869. The van der Waals surface area contributed by atoms with Gasteiger partial charge in [-0.3, -0.25) is 9.78 Å². The van der Waals surface area contributed by atoms with E-state index in [9.17, 15) is 10.1 Å². The molecular weight excluding hydrogens is 438 g/mol. The van der Waals surface area contributed by atoms with E-state index in [0.717, 1.165) is 44.4 Å². The van der Waals surface area contributed by atoms with Crippen LogP contribution in [-0.4, -0.2) is 61.1 Å². The number of hydrogen-bond acceptors (Lipinski definition) is 8. The summed E-state index contributed by atoms with van der Waals surface area (Å²) in [5, 5.41) is 9.47. The van der Waals surface area contributed by atoms with Crippen LogP contribution in [0.2, 0.25) is 0 Å². The van der Waals surface area contributed by atoms with Crippen molar-refractivity contribution in [2.24, 2.45) is 5.73 Å². The van der Waals surface area contributed by atoms with Gasteiger partial charge in [-0.15, -0.1) is 0 Å². The fourth-order valence-corrected chi connectivity index (χ4v) is 4.82. The zero-order valence-corrected chi connectivity index (χ0v) is 19.9. The van der Waals surface area contributed by atoms with Gasteiger partial charge >= 0.3 is 0 Å². The Morgan fingerprint density at radius 3 is 2.85 bits per heavy atom. The van der Waals surface area contributed by atoms with Gasteiger partial charge in [0.15, 0.2) is 0 Å². The van der Waals surface area contributed by atoms with Gasteiger partial charge in [-0.05, 0) is 38.1 Å². The topological polar surface area (TPSA) is 113 Å². The standard InChI is InChI=1S/C23H27N7O2S/c1-5-16-17(14-24)23(33-20(21(25)31)18-13-15(32-4)7-8-27-18)28-22(19(16)26-2)30-10-6-9-29(3)11-12-30/h7-8,13,20H,5-6,9-12H2,1,3-4H3,(H2,25,31). The van der Waals surface area contributed by atoms with E-state index >= 15 is 0 Å². The van der Waals surface area contributed by atoms with Gasteiger partial charge in [0.2, 0.25) is 11.6 Å². The van der Waals surface area contributed by atoms with Gasteiger partial charge in [-0.25, -0.2) is 9.83 Å². The summed E-state index contributed by atoms with van der Waals surface area (Å²) in [6, 6.07) is 5.53. The molecule has 1 aliphatic rings. The molecule has 0 radical (unpaired) electrons. The van der Waals surface area contributed by atoms with Gasteiger partial charge in [-0.1, -0.05) is 18.7 Å². The highest BCUT2D eigenvalue weighted by atomic mass is 32.2. The van der Waals surface area contributed by atoms with Crippen molar-refractivity contribution in [2.75, 3.05) is 45.2 Å². The Labute approximate surface area is 198 Å². The average molecular weight is 466 g/mol. The zero-order chi connectivity index (χ0) is 24.0. The van der Waals surface area contributed by atoms with Crippen molar-refractivity contribution in [3.63, 3.8) is 0 Å². The molecule has 0 aromatic carbocycles. The molecule has 1 amide bonds. The van der Waals surface area contributed by atoms with Crippen molar-refractivity contribution in [2.45, 2.75) is 30.0 Å². The summed E-state index contributed by atoms with van der Waals surface area (Å²) < 4.78 is 5.25. The average Bonchev–Trinajstić information content (AvgIpc) is 3.05. The molecule has 0 bridgehead atoms. The number of ether oxygens (including phenoxy) is 1. The third-order valence-corrected chi connectivity index (χ3v) is 6.79. The maximum atomic E-state index is 12.4. The van der Waals surface area contributed by atoms with Gasteiger partial charge in [0.25, 0.3) is 0 Å². The van der Waals surface area contributed by atoms with Crippen LogP contribution in [0.15, 0.2) is 23.4 Å². The largest absolute Gasteiger partial charge is 0.497 e. The number of nitrogens with zero attached hydrogens (tertiary/aromatic N) is 6. The van der Waals surface area contributed by atoms with Crippen molar-refractivity contribution in [1.29, 1.82) is 5.26 Å². The number of carbonyl (C=O) groups is 1. The Hall–Kier alpha value is -3.34. The van der Waals surface area contributed by atoms with E-state index in [0.29, 0.717) is 45.5 Å². The molecule has 0 aliphatic carbocycles.